The number of anilines is 1. The van der Waals surface area contributed by atoms with E-state index >= 15 is 0 Å². The summed E-state index contributed by atoms with van der Waals surface area (Å²) in [6.45, 7) is 2.00. The van der Waals surface area contributed by atoms with Gasteiger partial charge in [0.1, 0.15) is 11.6 Å². The summed E-state index contributed by atoms with van der Waals surface area (Å²) < 4.78 is 5.40. The number of thiophene rings is 1. The van der Waals surface area contributed by atoms with Crippen LogP contribution in [-0.4, -0.2) is 31.6 Å². The molecule has 0 bridgehead atoms. The standard InChI is InChI=1S/C15H16N4OS2/c1-8-4-11(22-19-8)7-13-17-12-2-3-21-14(12)15(18-13)16-9-5-10(20)6-9/h2-4,9-10,20H,5-7H2,1H3,(H,16,17,18). The van der Waals surface area contributed by atoms with Crippen molar-refractivity contribution < 1.29 is 5.11 Å². The predicted octanol–water partition coefficient (Wildman–Crippen LogP) is 2.98. The minimum atomic E-state index is -0.169. The number of hydrogen-bond donors (Lipinski definition) is 2. The maximum atomic E-state index is 9.45. The topological polar surface area (TPSA) is 70.9 Å². The quantitative estimate of drug-likeness (QED) is 0.768. The largest absolute Gasteiger partial charge is 0.393 e. The Morgan fingerprint density at radius 1 is 1.36 bits per heavy atom. The molecular formula is C15H16N4OS2. The van der Waals surface area contributed by atoms with Gasteiger partial charge in [0, 0.05) is 17.3 Å². The second-order valence-electron chi connectivity index (χ2n) is 5.70. The van der Waals surface area contributed by atoms with Crippen LogP contribution in [0.1, 0.15) is 29.2 Å². The van der Waals surface area contributed by atoms with Crippen molar-refractivity contribution in [2.45, 2.75) is 38.3 Å². The Hall–Kier alpha value is -1.57. The van der Waals surface area contributed by atoms with E-state index in [0.717, 1.165) is 40.4 Å². The number of aliphatic hydroxyl groups is 1. The Labute approximate surface area is 136 Å². The Morgan fingerprint density at radius 2 is 2.23 bits per heavy atom. The molecule has 1 fully saturated rings. The summed E-state index contributed by atoms with van der Waals surface area (Å²) in [6.07, 6.45) is 2.12. The number of rotatable bonds is 4. The van der Waals surface area contributed by atoms with Crippen LogP contribution in [0.3, 0.4) is 0 Å². The molecule has 0 aromatic carbocycles. The summed E-state index contributed by atoms with van der Waals surface area (Å²) in [5, 5.41) is 14.9. The molecule has 7 heteroatoms. The van der Waals surface area contributed by atoms with Crippen LogP contribution >= 0.6 is 22.9 Å². The van der Waals surface area contributed by atoms with Gasteiger partial charge in [-0.3, -0.25) is 0 Å². The first kappa shape index (κ1) is 14.0. The maximum Gasteiger partial charge on any atom is 0.148 e. The molecule has 3 heterocycles. The second-order valence-corrected chi connectivity index (χ2v) is 7.51. The van der Waals surface area contributed by atoms with Gasteiger partial charge in [0.25, 0.3) is 0 Å². The van der Waals surface area contributed by atoms with Crippen molar-refractivity contribution in [3.05, 3.63) is 33.9 Å². The first-order chi connectivity index (χ1) is 10.7. The van der Waals surface area contributed by atoms with Gasteiger partial charge in [0.05, 0.1) is 22.0 Å². The maximum absolute atomic E-state index is 9.45. The van der Waals surface area contributed by atoms with Gasteiger partial charge in [-0.15, -0.1) is 11.3 Å². The molecule has 0 amide bonds. The van der Waals surface area contributed by atoms with Crippen LogP contribution in [0.15, 0.2) is 17.5 Å². The lowest BCUT2D eigenvalue weighted by Crippen LogP contribution is -2.39. The number of hydrogen-bond acceptors (Lipinski definition) is 7. The van der Waals surface area contributed by atoms with Crippen LogP contribution in [-0.2, 0) is 6.42 Å². The number of aliphatic hydroxyl groups excluding tert-OH is 1. The molecule has 1 saturated carbocycles. The summed E-state index contributed by atoms with van der Waals surface area (Å²) in [5.74, 6) is 1.71. The van der Waals surface area contributed by atoms with Crippen LogP contribution in [0.5, 0.6) is 0 Å². The van der Waals surface area contributed by atoms with Gasteiger partial charge >= 0.3 is 0 Å². The molecule has 3 aromatic rings. The Bertz CT molecular complexity index is 807. The molecule has 22 heavy (non-hydrogen) atoms. The monoisotopic (exact) mass is 332 g/mol. The fourth-order valence-electron chi connectivity index (χ4n) is 2.64. The van der Waals surface area contributed by atoms with Crippen molar-refractivity contribution >= 4 is 38.9 Å². The highest BCUT2D eigenvalue weighted by atomic mass is 32.1. The summed E-state index contributed by atoms with van der Waals surface area (Å²) >= 11 is 3.16. The second kappa shape index (κ2) is 5.57. The molecule has 0 radical (unpaired) electrons. The van der Waals surface area contributed by atoms with E-state index in [-0.39, 0.29) is 6.10 Å². The molecule has 0 aliphatic heterocycles. The van der Waals surface area contributed by atoms with Gasteiger partial charge < -0.3 is 10.4 Å². The highest BCUT2D eigenvalue weighted by Gasteiger charge is 2.28. The van der Waals surface area contributed by atoms with Crippen molar-refractivity contribution in [1.82, 2.24) is 14.3 Å². The molecule has 2 N–H and O–H groups in total. The summed E-state index contributed by atoms with van der Waals surface area (Å²) in [6, 6.07) is 4.43. The molecule has 1 aliphatic carbocycles. The van der Waals surface area contributed by atoms with Crippen molar-refractivity contribution in [2.24, 2.45) is 0 Å². The minimum Gasteiger partial charge on any atom is -0.393 e. The molecule has 4 rings (SSSR count). The molecule has 5 nitrogen and oxygen atoms in total. The van der Waals surface area contributed by atoms with E-state index in [1.54, 1.807) is 11.3 Å². The van der Waals surface area contributed by atoms with E-state index in [1.165, 1.54) is 16.4 Å². The highest BCUT2D eigenvalue weighted by molar-refractivity contribution is 7.17. The van der Waals surface area contributed by atoms with Crippen LogP contribution in [0.4, 0.5) is 5.82 Å². The van der Waals surface area contributed by atoms with Crippen molar-refractivity contribution in [3.8, 4) is 0 Å². The van der Waals surface area contributed by atoms with Crippen LogP contribution in [0, 0.1) is 6.92 Å². The predicted molar refractivity (Wildman–Crippen MR) is 89.7 cm³/mol. The molecule has 1 aliphatic rings. The average molecular weight is 332 g/mol. The number of nitrogens with one attached hydrogen (secondary N) is 1. The van der Waals surface area contributed by atoms with Gasteiger partial charge in [-0.25, -0.2) is 9.97 Å². The SMILES string of the molecule is Cc1cc(Cc2nc(NC3CC(O)C3)c3sccc3n2)sn1. The Balaban J connectivity index is 1.64. The number of aromatic nitrogens is 3. The van der Waals surface area contributed by atoms with Crippen molar-refractivity contribution in [3.63, 3.8) is 0 Å². The molecular weight excluding hydrogens is 316 g/mol. The molecule has 0 unspecified atom stereocenters. The van der Waals surface area contributed by atoms with E-state index in [9.17, 15) is 5.11 Å². The lowest BCUT2D eigenvalue weighted by atomic mass is 9.89. The van der Waals surface area contributed by atoms with Gasteiger partial charge in [-0.05, 0) is 48.8 Å². The smallest absolute Gasteiger partial charge is 0.148 e. The number of nitrogens with zero attached hydrogens (tertiary/aromatic N) is 3. The average Bonchev–Trinajstić information content (AvgIpc) is 3.06. The van der Waals surface area contributed by atoms with Gasteiger partial charge in [0.15, 0.2) is 0 Å². The van der Waals surface area contributed by atoms with E-state index in [1.807, 2.05) is 18.4 Å². The lowest BCUT2D eigenvalue weighted by Gasteiger charge is -2.32. The molecule has 0 atom stereocenters. The molecule has 0 saturated heterocycles. The van der Waals surface area contributed by atoms with Crippen LogP contribution in [0.2, 0.25) is 0 Å². The van der Waals surface area contributed by atoms with Gasteiger partial charge in [-0.1, -0.05) is 0 Å². The third-order valence-electron chi connectivity index (χ3n) is 3.81. The number of fused-ring (bicyclic) bond motifs is 1. The number of aryl methyl sites for hydroxylation is 1. The Kier molecular flexibility index (Phi) is 3.56. The van der Waals surface area contributed by atoms with Gasteiger partial charge in [-0.2, -0.15) is 4.37 Å². The van der Waals surface area contributed by atoms with Crippen LogP contribution < -0.4 is 5.32 Å². The molecule has 3 aromatic heterocycles. The fourth-order valence-corrected chi connectivity index (χ4v) is 4.16. The van der Waals surface area contributed by atoms with Gasteiger partial charge in [0.2, 0.25) is 0 Å². The molecule has 114 valence electrons. The lowest BCUT2D eigenvalue weighted by molar-refractivity contribution is 0.0836. The third kappa shape index (κ3) is 2.71. The van der Waals surface area contributed by atoms with Crippen LogP contribution in [0.25, 0.3) is 10.2 Å². The fraction of sp³-hybridized carbons (Fsp3) is 0.400. The first-order valence-corrected chi connectivity index (χ1v) is 8.93. The zero-order chi connectivity index (χ0) is 15.1. The minimum absolute atomic E-state index is 0.169. The van der Waals surface area contributed by atoms with E-state index < -0.39 is 0 Å². The summed E-state index contributed by atoms with van der Waals surface area (Å²) in [4.78, 5) is 10.5. The third-order valence-corrected chi connectivity index (χ3v) is 5.60. The summed E-state index contributed by atoms with van der Waals surface area (Å²) in [5.41, 5.74) is 2.03. The van der Waals surface area contributed by atoms with E-state index in [2.05, 4.69) is 20.7 Å². The molecule has 0 spiro atoms. The summed E-state index contributed by atoms with van der Waals surface area (Å²) in [7, 11) is 0. The van der Waals surface area contributed by atoms with Crippen molar-refractivity contribution in [1.29, 1.82) is 0 Å². The highest BCUT2D eigenvalue weighted by Crippen LogP contribution is 2.30. The zero-order valence-electron chi connectivity index (χ0n) is 12.1. The Morgan fingerprint density at radius 3 is 2.95 bits per heavy atom. The first-order valence-electron chi connectivity index (χ1n) is 7.28. The zero-order valence-corrected chi connectivity index (χ0v) is 13.7. The van der Waals surface area contributed by atoms with E-state index in [0.29, 0.717) is 12.5 Å². The normalized spacial score (nSPS) is 21.0. The van der Waals surface area contributed by atoms with E-state index in [4.69, 9.17) is 4.98 Å². The van der Waals surface area contributed by atoms with Crippen molar-refractivity contribution in [2.75, 3.05) is 5.32 Å².